The summed E-state index contributed by atoms with van der Waals surface area (Å²) in [5, 5.41) is 18.9. The van der Waals surface area contributed by atoms with Gasteiger partial charge >= 0.3 is 5.97 Å². The molecule has 0 saturated carbocycles. The summed E-state index contributed by atoms with van der Waals surface area (Å²) in [7, 11) is -3.71. The van der Waals surface area contributed by atoms with Crippen LogP contribution in [0, 0.1) is 0 Å². The zero-order valence-electron chi connectivity index (χ0n) is 16.0. The highest BCUT2D eigenvalue weighted by molar-refractivity contribution is 7.89. The van der Waals surface area contributed by atoms with Crippen molar-refractivity contribution in [1.82, 2.24) is 9.71 Å². The third kappa shape index (κ3) is 5.48. The minimum absolute atomic E-state index is 0.0268. The minimum Gasteiger partial charge on any atom is -0.478 e. The summed E-state index contributed by atoms with van der Waals surface area (Å²) >= 11 is 0. The van der Waals surface area contributed by atoms with Crippen LogP contribution in [0.4, 0.5) is 0 Å². The smallest absolute Gasteiger partial charge is 0.332 e. The molecule has 0 aliphatic rings. The topological polar surface area (TPSA) is 117 Å². The number of rotatable bonds is 7. The second-order valence-electron chi connectivity index (χ2n) is 7.25. The quantitative estimate of drug-likeness (QED) is 0.610. The van der Waals surface area contributed by atoms with E-state index in [9.17, 15) is 23.4 Å². The molecule has 2 aromatic rings. The number of carbonyl (C=O) groups is 1. The Morgan fingerprint density at radius 3 is 2.21 bits per heavy atom. The molecule has 0 spiro atoms. The fourth-order valence-electron chi connectivity index (χ4n) is 2.74. The molecule has 1 heterocycles. The van der Waals surface area contributed by atoms with Crippen LogP contribution in [-0.4, -0.2) is 41.7 Å². The minimum atomic E-state index is -3.71. The van der Waals surface area contributed by atoms with Crippen LogP contribution >= 0.6 is 0 Å². The van der Waals surface area contributed by atoms with Crippen molar-refractivity contribution in [1.29, 1.82) is 0 Å². The Kier molecular flexibility index (Phi) is 6.71. The third-order valence-electron chi connectivity index (χ3n) is 3.77. The first-order chi connectivity index (χ1) is 13.0. The first-order valence-corrected chi connectivity index (χ1v) is 10.2. The molecule has 0 atom stereocenters. The summed E-state index contributed by atoms with van der Waals surface area (Å²) in [6.45, 7) is 4.91. The molecule has 0 aliphatic carbocycles. The molecule has 3 N–H and O–H groups in total. The van der Waals surface area contributed by atoms with E-state index < -0.39 is 21.5 Å². The van der Waals surface area contributed by atoms with Crippen molar-refractivity contribution in [3.63, 3.8) is 0 Å². The van der Waals surface area contributed by atoms with E-state index in [0.29, 0.717) is 16.7 Å². The third-order valence-corrected chi connectivity index (χ3v) is 5.54. The number of hydrogen-bond acceptors (Lipinski definition) is 5. The molecule has 0 aliphatic heterocycles. The van der Waals surface area contributed by atoms with Gasteiger partial charge in [-0.05, 0) is 44.5 Å². The van der Waals surface area contributed by atoms with Crippen LogP contribution in [-0.2, 0) is 14.8 Å². The van der Waals surface area contributed by atoms with Crippen molar-refractivity contribution in [3.05, 3.63) is 65.5 Å². The number of carboxylic acid groups (broad SMARTS) is 1. The molecule has 1 aromatic heterocycles. The number of aliphatic hydroxyl groups is 1. The van der Waals surface area contributed by atoms with Gasteiger partial charge in [-0.2, -0.15) is 0 Å². The summed E-state index contributed by atoms with van der Waals surface area (Å²) < 4.78 is 27.5. The summed E-state index contributed by atoms with van der Waals surface area (Å²) in [4.78, 5) is 15.9. The SMILES string of the molecule is CC(C)(C)NS(=O)(=O)c1ccc(C(=C(CCO)C(=O)O)c2cccnc2)cc1. The number of nitrogens with one attached hydrogen (secondary N) is 1. The summed E-state index contributed by atoms with van der Waals surface area (Å²) in [6.07, 6.45) is 3.05. The van der Waals surface area contributed by atoms with Gasteiger partial charge in [0, 0.05) is 47.7 Å². The predicted molar refractivity (Wildman–Crippen MR) is 106 cm³/mol. The number of aliphatic carboxylic acids is 1. The highest BCUT2D eigenvalue weighted by Gasteiger charge is 2.23. The monoisotopic (exact) mass is 404 g/mol. The molecule has 150 valence electrons. The van der Waals surface area contributed by atoms with Crippen molar-refractivity contribution in [3.8, 4) is 0 Å². The number of aliphatic hydroxyl groups excluding tert-OH is 1. The number of benzene rings is 1. The van der Waals surface area contributed by atoms with Crippen LogP contribution in [0.1, 0.15) is 38.3 Å². The van der Waals surface area contributed by atoms with Crippen molar-refractivity contribution in [2.45, 2.75) is 37.6 Å². The maximum Gasteiger partial charge on any atom is 0.332 e. The Hall–Kier alpha value is -2.55. The van der Waals surface area contributed by atoms with Gasteiger partial charge in [-0.25, -0.2) is 17.9 Å². The van der Waals surface area contributed by atoms with E-state index >= 15 is 0 Å². The first kappa shape index (κ1) is 21.7. The summed E-state index contributed by atoms with van der Waals surface area (Å²) in [5.41, 5.74) is 0.877. The predicted octanol–water partition coefficient (Wildman–Crippen LogP) is 2.43. The van der Waals surface area contributed by atoms with Crippen LogP contribution in [0.15, 0.2) is 59.3 Å². The van der Waals surface area contributed by atoms with Crippen molar-refractivity contribution in [2.75, 3.05) is 6.61 Å². The standard InChI is InChI=1S/C20H24N2O5S/c1-20(2,3)22-28(26,27)16-8-6-14(7-9-16)18(15-5-4-11-21-13-15)17(10-12-23)19(24)25/h4-9,11,13,22-23H,10,12H2,1-3H3,(H,24,25). The summed E-state index contributed by atoms with van der Waals surface area (Å²) in [5.74, 6) is -1.15. The molecule has 0 saturated heterocycles. The molecule has 1 aromatic carbocycles. The molecule has 28 heavy (non-hydrogen) atoms. The van der Waals surface area contributed by atoms with Gasteiger partial charge in [0.15, 0.2) is 0 Å². The molecule has 8 heteroatoms. The van der Waals surface area contributed by atoms with E-state index in [2.05, 4.69) is 9.71 Å². The zero-order valence-corrected chi connectivity index (χ0v) is 16.8. The molecule has 0 amide bonds. The van der Waals surface area contributed by atoms with Gasteiger partial charge in [-0.1, -0.05) is 18.2 Å². The largest absolute Gasteiger partial charge is 0.478 e. The molecule has 0 fully saturated rings. The van der Waals surface area contributed by atoms with Gasteiger partial charge in [0.05, 0.1) is 4.90 Å². The number of pyridine rings is 1. The molecular weight excluding hydrogens is 380 g/mol. The lowest BCUT2D eigenvalue weighted by Gasteiger charge is -2.20. The second kappa shape index (κ2) is 8.64. The van der Waals surface area contributed by atoms with Gasteiger partial charge < -0.3 is 10.2 Å². The van der Waals surface area contributed by atoms with Crippen LogP contribution in [0.5, 0.6) is 0 Å². The number of carboxylic acids is 1. The Balaban J connectivity index is 2.57. The lowest BCUT2D eigenvalue weighted by atomic mass is 9.92. The van der Waals surface area contributed by atoms with Gasteiger partial charge in [0.2, 0.25) is 10.0 Å². The maximum atomic E-state index is 12.5. The fraction of sp³-hybridized carbons (Fsp3) is 0.300. The average Bonchev–Trinajstić information content (AvgIpc) is 2.60. The van der Waals surface area contributed by atoms with Crippen molar-refractivity contribution < 1.29 is 23.4 Å². The van der Waals surface area contributed by atoms with Crippen LogP contribution in [0.3, 0.4) is 0 Å². The van der Waals surface area contributed by atoms with E-state index in [4.69, 9.17) is 0 Å². The van der Waals surface area contributed by atoms with Crippen molar-refractivity contribution in [2.24, 2.45) is 0 Å². The van der Waals surface area contributed by atoms with E-state index in [-0.39, 0.29) is 23.5 Å². The molecule has 0 radical (unpaired) electrons. The normalized spacial score (nSPS) is 13.1. The number of hydrogen-bond donors (Lipinski definition) is 3. The summed E-state index contributed by atoms with van der Waals surface area (Å²) in [6, 6.07) is 9.37. The second-order valence-corrected chi connectivity index (χ2v) is 8.94. The highest BCUT2D eigenvalue weighted by atomic mass is 32.2. The number of aromatic nitrogens is 1. The van der Waals surface area contributed by atoms with Gasteiger partial charge in [-0.3, -0.25) is 4.98 Å². The molecule has 0 bridgehead atoms. The molecule has 2 rings (SSSR count). The Morgan fingerprint density at radius 2 is 1.75 bits per heavy atom. The van der Waals surface area contributed by atoms with Gasteiger partial charge in [-0.15, -0.1) is 0 Å². The van der Waals surface area contributed by atoms with Crippen LogP contribution in [0.2, 0.25) is 0 Å². The van der Waals surface area contributed by atoms with E-state index in [1.54, 1.807) is 51.2 Å². The number of nitrogens with zero attached hydrogens (tertiary/aromatic N) is 1. The maximum absolute atomic E-state index is 12.5. The molecule has 0 unspecified atom stereocenters. The van der Waals surface area contributed by atoms with E-state index in [0.717, 1.165) is 0 Å². The van der Waals surface area contributed by atoms with E-state index in [1.807, 2.05) is 0 Å². The Labute approximate surface area is 164 Å². The highest BCUT2D eigenvalue weighted by Crippen LogP contribution is 2.29. The van der Waals surface area contributed by atoms with E-state index in [1.165, 1.54) is 18.3 Å². The van der Waals surface area contributed by atoms with Gasteiger partial charge in [0.1, 0.15) is 0 Å². The van der Waals surface area contributed by atoms with Crippen molar-refractivity contribution >= 4 is 21.6 Å². The van der Waals surface area contributed by atoms with Crippen LogP contribution < -0.4 is 4.72 Å². The molecular formula is C20H24N2O5S. The van der Waals surface area contributed by atoms with Gasteiger partial charge in [0.25, 0.3) is 0 Å². The lowest BCUT2D eigenvalue weighted by Crippen LogP contribution is -2.40. The Morgan fingerprint density at radius 1 is 1.11 bits per heavy atom. The number of sulfonamides is 1. The first-order valence-electron chi connectivity index (χ1n) is 8.67. The fourth-order valence-corrected chi connectivity index (χ4v) is 4.16. The van der Waals surface area contributed by atoms with Crippen LogP contribution in [0.25, 0.3) is 5.57 Å². The molecule has 7 nitrogen and oxygen atoms in total. The average molecular weight is 404 g/mol. The Bertz CT molecular complexity index is 960. The zero-order chi connectivity index (χ0) is 20.9. The lowest BCUT2D eigenvalue weighted by molar-refractivity contribution is -0.132.